The van der Waals surface area contributed by atoms with Gasteiger partial charge in [-0.2, -0.15) is 5.26 Å². The van der Waals surface area contributed by atoms with E-state index in [-0.39, 0.29) is 11.9 Å². The molecule has 0 heterocycles. The zero-order valence-corrected chi connectivity index (χ0v) is 10.4. The smallest absolute Gasteiger partial charge is 0.126 e. The second kappa shape index (κ2) is 5.36. The fourth-order valence-electron chi connectivity index (χ4n) is 2.44. The third-order valence-corrected chi connectivity index (χ3v) is 3.50. The number of nitrogens with one attached hydrogen (secondary N) is 1. The molecule has 0 aromatic heterocycles. The van der Waals surface area contributed by atoms with Gasteiger partial charge in [0.05, 0.1) is 6.07 Å². The van der Waals surface area contributed by atoms with Crippen LogP contribution in [-0.2, 0) is 0 Å². The van der Waals surface area contributed by atoms with Gasteiger partial charge in [-0.1, -0.05) is 6.07 Å². The molecule has 0 bridgehead atoms. The Kier molecular flexibility index (Phi) is 3.83. The molecule has 1 saturated carbocycles. The van der Waals surface area contributed by atoms with Crippen LogP contribution in [0.3, 0.4) is 0 Å². The molecule has 1 fully saturated rings. The highest BCUT2D eigenvalue weighted by molar-refractivity contribution is 5.23. The third kappa shape index (κ3) is 2.80. The van der Waals surface area contributed by atoms with Gasteiger partial charge >= 0.3 is 0 Å². The fraction of sp³-hybridized carbons (Fsp3) is 0.500. The summed E-state index contributed by atoms with van der Waals surface area (Å²) in [5, 5.41) is 12.3. The third-order valence-electron chi connectivity index (χ3n) is 3.50. The average Bonchev–Trinajstić information content (AvgIpc) is 2.39. The second-order valence-electron chi connectivity index (χ2n) is 4.74. The minimum atomic E-state index is -0.504. The SMILES string of the molecule is CNC1(C#N)CCCC(Oc2cccc(F)c2)C1. The first-order valence-corrected chi connectivity index (χ1v) is 6.20. The Morgan fingerprint density at radius 3 is 3.06 bits per heavy atom. The lowest BCUT2D eigenvalue weighted by Crippen LogP contribution is -2.48. The molecule has 0 saturated heterocycles. The minimum absolute atomic E-state index is 0.0346. The van der Waals surface area contributed by atoms with Crippen LogP contribution >= 0.6 is 0 Å². The molecule has 4 heteroatoms. The molecule has 1 N–H and O–H groups in total. The van der Waals surface area contributed by atoms with Crippen LogP contribution in [0.4, 0.5) is 4.39 Å². The lowest BCUT2D eigenvalue weighted by molar-refractivity contribution is 0.115. The van der Waals surface area contributed by atoms with Crippen molar-refractivity contribution in [2.45, 2.75) is 37.3 Å². The van der Waals surface area contributed by atoms with Crippen LogP contribution in [0, 0.1) is 17.1 Å². The van der Waals surface area contributed by atoms with Gasteiger partial charge in [-0.15, -0.1) is 0 Å². The summed E-state index contributed by atoms with van der Waals surface area (Å²) in [6, 6.07) is 8.47. The first-order valence-electron chi connectivity index (χ1n) is 6.20. The largest absolute Gasteiger partial charge is 0.490 e. The van der Waals surface area contributed by atoms with Crippen LogP contribution in [0.25, 0.3) is 0 Å². The average molecular weight is 248 g/mol. The summed E-state index contributed by atoms with van der Waals surface area (Å²) in [7, 11) is 1.80. The number of hydrogen-bond acceptors (Lipinski definition) is 3. The molecule has 18 heavy (non-hydrogen) atoms. The Morgan fingerprint density at radius 1 is 1.56 bits per heavy atom. The number of nitrogens with zero attached hydrogens (tertiary/aromatic N) is 1. The van der Waals surface area contributed by atoms with Crippen molar-refractivity contribution in [3.05, 3.63) is 30.1 Å². The van der Waals surface area contributed by atoms with E-state index in [1.54, 1.807) is 19.2 Å². The normalized spacial score (nSPS) is 27.5. The van der Waals surface area contributed by atoms with E-state index in [9.17, 15) is 9.65 Å². The summed E-state index contributed by atoms with van der Waals surface area (Å²) in [6.45, 7) is 0. The second-order valence-corrected chi connectivity index (χ2v) is 4.74. The molecule has 1 aliphatic carbocycles. The Labute approximate surface area is 107 Å². The Bertz CT molecular complexity index is 457. The fourth-order valence-corrected chi connectivity index (χ4v) is 2.44. The molecule has 2 unspecified atom stereocenters. The summed E-state index contributed by atoms with van der Waals surface area (Å²) in [6.07, 6.45) is 3.28. The van der Waals surface area contributed by atoms with Crippen molar-refractivity contribution in [1.82, 2.24) is 5.32 Å². The van der Waals surface area contributed by atoms with Gasteiger partial charge in [0.1, 0.15) is 23.2 Å². The van der Waals surface area contributed by atoms with Crippen LogP contribution in [0.2, 0.25) is 0 Å². The lowest BCUT2D eigenvalue weighted by Gasteiger charge is -2.35. The van der Waals surface area contributed by atoms with Crippen LogP contribution < -0.4 is 10.1 Å². The van der Waals surface area contributed by atoms with E-state index in [0.29, 0.717) is 12.2 Å². The van der Waals surface area contributed by atoms with E-state index in [0.717, 1.165) is 19.3 Å². The number of rotatable bonds is 3. The predicted molar refractivity (Wildman–Crippen MR) is 66.7 cm³/mol. The maximum atomic E-state index is 13.1. The Hall–Kier alpha value is -1.60. The molecule has 0 amide bonds. The topological polar surface area (TPSA) is 45.0 Å². The van der Waals surface area contributed by atoms with Crippen molar-refractivity contribution in [3.8, 4) is 11.8 Å². The predicted octanol–water partition coefficient (Wildman–Crippen LogP) is 2.63. The van der Waals surface area contributed by atoms with Gasteiger partial charge < -0.3 is 10.1 Å². The van der Waals surface area contributed by atoms with Gasteiger partial charge in [0.15, 0.2) is 0 Å². The van der Waals surface area contributed by atoms with Crippen molar-refractivity contribution in [1.29, 1.82) is 5.26 Å². The van der Waals surface area contributed by atoms with Crippen molar-refractivity contribution >= 4 is 0 Å². The molecule has 2 atom stereocenters. The lowest BCUT2D eigenvalue weighted by atomic mass is 9.81. The van der Waals surface area contributed by atoms with E-state index in [1.165, 1.54) is 12.1 Å². The van der Waals surface area contributed by atoms with Gasteiger partial charge in [0.2, 0.25) is 0 Å². The Balaban J connectivity index is 2.04. The van der Waals surface area contributed by atoms with Crippen molar-refractivity contribution in [3.63, 3.8) is 0 Å². The van der Waals surface area contributed by atoms with E-state index in [4.69, 9.17) is 4.74 Å². The summed E-state index contributed by atoms with van der Waals surface area (Å²) < 4.78 is 18.8. The van der Waals surface area contributed by atoms with E-state index in [2.05, 4.69) is 11.4 Å². The first-order chi connectivity index (χ1) is 8.67. The maximum absolute atomic E-state index is 13.1. The van der Waals surface area contributed by atoms with Gasteiger partial charge in [0, 0.05) is 12.5 Å². The summed E-state index contributed by atoms with van der Waals surface area (Å²) >= 11 is 0. The highest BCUT2D eigenvalue weighted by atomic mass is 19.1. The van der Waals surface area contributed by atoms with Gasteiger partial charge in [-0.05, 0) is 38.4 Å². The molecule has 0 aliphatic heterocycles. The zero-order valence-electron chi connectivity index (χ0n) is 10.4. The highest BCUT2D eigenvalue weighted by Crippen LogP contribution is 2.30. The van der Waals surface area contributed by atoms with Crippen molar-refractivity contribution in [2.24, 2.45) is 0 Å². The van der Waals surface area contributed by atoms with E-state index in [1.807, 2.05) is 0 Å². The number of benzene rings is 1. The van der Waals surface area contributed by atoms with E-state index >= 15 is 0 Å². The van der Waals surface area contributed by atoms with E-state index < -0.39 is 5.54 Å². The minimum Gasteiger partial charge on any atom is -0.490 e. The first kappa shape index (κ1) is 12.8. The number of ether oxygens (including phenoxy) is 1. The molecular formula is C14H17FN2O. The highest BCUT2D eigenvalue weighted by Gasteiger charge is 2.36. The molecule has 96 valence electrons. The molecule has 1 aromatic rings. The number of nitriles is 1. The summed E-state index contributed by atoms with van der Waals surface area (Å²) in [5.74, 6) is 0.230. The molecule has 0 radical (unpaired) electrons. The van der Waals surface area contributed by atoms with Crippen LogP contribution in [-0.4, -0.2) is 18.7 Å². The van der Waals surface area contributed by atoms with Crippen LogP contribution in [0.1, 0.15) is 25.7 Å². The van der Waals surface area contributed by atoms with Gasteiger partial charge in [-0.25, -0.2) is 4.39 Å². The monoisotopic (exact) mass is 248 g/mol. The molecule has 1 aromatic carbocycles. The van der Waals surface area contributed by atoms with Crippen LogP contribution in [0.15, 0.2) is 24.3 Å². The quantitative estimate of drug-likeness (QED) is 0.894. The standard InChI is InChI=1S/C14H17FN2O/c1-17-14(10-16)7-3-6-13(9-14)18-12-5-2-4-11(15)8-12/h2,4-5,8,13,17H,3,6-7,9H2,1H3. The summed E-state index contributed by atoms with van der Waals surface area (Å²) in [5.41, 5.74) is -0.504. The molecular weight excluding hydrogens is 231 g/mol. The maximum Gasteiger partial charge on any atom is 0.126 e. The van der Waals surface area contributed by atoms with Gasteiger partial charge in [0.25, 0.3) is 0 Å². The van der Waals surface area contributed by atoms with Crippen molar-refractivity contribution in [2.75, 3.05) is 7.05 Å². The van der Waals surface area contributed by atoms with Crippen molar-refractivity contribution < 1.29 is 9.13 Å². The van der Waals surface area contributed by atoms with Crippen LogP contribution in [0.5, 0.6) is 5.75 Å². The molecule has 1 aliphatic rings. The summed E-state index contributed by atoms with van der Waals surface area (Å²) in [4.78, 5) is 0. The number of hydrogen-bond donors (Lipinski definition) is 1. The zero-order chi connectivity index (χ0) is 13.0. The molecule has 3 nitrogen and oxygen atoms in total. The molecule has 0 spiro atoms. The Morgan fingerprint density at radius 2 is 2.39 bits per heavy atom. The molecule has 2 rings (SSSR count). The number of halogens is 1. The van der Waals surface area contributed by atoms with Gasteiger partial charge in [-0.3, -0.25) is 0 Å².